The Kier molecular flexibility index (Phi) is 9.25. The maximum absolute atomic E-state index is 12.4. The maximum Gasteiger partial charge on any atom is 0.260 e. The predicted molar refractivity (Wildman–Crippen MR) is 136 cm³/mol. The van der Waals surface area contributed by atoms with E-state index in [1.165, 1.54) is 6.21 Å². The number of hydrogen-bond acceptors (Lipinski definition) is 6. The van der Waals surface area contributed by atoms with Gasteiger partial charge in [0.25, 0.3) is 11.8 Å². The topological polar surface area (TPSA) is 108 Å². The van der Waals surface area contributed by atoms with Gasteiger partial charge in [-0.25, -0.2) is 13.8 Å². The summed E-state index contributed by atoms with van der Waals surface area (Å²) in [6.07, 6.45) is 6.39. The van der Waals surface area contributed by atoms with Crippen LogP contribution in [0.3, 0.4) is 0 Å². The van der Waals surface area contributed by atoms with Crippen molar-refractivity contribution < 1.29 is 22.7 Å². The number of aryl methyl sites for hydroxylation is 1. The molecule has 1 saturated heterocycles. The van der Waals surface area contributed by atoms with Gasteiger partial charge in [-0.15, -0.1) is 0 Å². The van der Waals surface area contributed by atoms with Gasteiger partial charge in [-0.2, -0.15) is 5.10 Å². The molecule has 2 aromatic rings. The number of rotatable bonds is 10. The molecule has 0 bridgehead atoms. The van der Waals surface area contributed by atoms with Crippen LogP contribution in [0.2, 0.25) is 0 Å². The quantitative estimate of drug-likeness (QED) is 0.398. The number of sulfonamides is 1. The summed E-state index contributed by atoms with van der Waals surface area (Å²) < 4.78 is 31.3. The van der Waals surface area contributed by atoms with Crippen LogP contribution in [0.4, 0.5) is 5.69 Å². The van der Waals surface area contributed by atoms with E-state index in [2.05, 4.69) is 10.5 Å². The fourth-order valence-electron chi connectivity index (χ4n) is 3.81. The summed E-state index contributed by atoms with van der Waals surface area (Å²) >= 11 is 0. The lowest BCUT2D eigenvalue weighted by Gasteiger charge is -2.26. The highest BCUT2D eigenvalue weighted by molar-refractivity contribution is 7.92. The number of ether oxygens (including phenoxy) is 1. The minimum Gasteiger partial charge on any atom is -0.484 e. The van der Waals surface area contributed by atoms with Crippen molar-refractivity contribution in [2.45, 2.75) is 32.6 Å². The summed E-state index contributed by atoms with van der Waals surface area (Å²) in [5, 5.41) is 3.93. The molecule has 1 aliphatic heterocycles. The fourth-order valence-corrected chi connectivity index (χ4v) is 4.70. The van der Waals surface area contributed by atoms with E-state index in [0.717, 1.165) is 48.5 Å². The minimum absolute atomic E-state index is 0.00148. The Balaban J connectivity index is 1.52. The molecule has 35 heavy (non-hydrogen) atoms. The smallest absolute Gasteiger partial charge is 0.260 e. The molecule has 0 spiro atoms. The monoisotopic (exact) mass is 500 g/mol. The van der Waals surface area contributed by atoms with Crippen LogP contribution >= 0.6 is 0 Å². The van der Waals surface area contributed by atoms with Gasteiger partial charge in [-0.1, -0.05) is 25.1 Å². The molecule has 1 heterocycles. The zero-order chi connectivity index (χ0) is 25.3. The van der Waals surface area contributed by atoms with Gasteiger partial charge < -0.3 is 9.64 Å². The number of nitrogens with one attached hydrogen (secondary N) is 1. The van der Waals surface area contributed by atoms with Gasteiger partial charge in [-0.05, 0) is 67.1 Å². The predicted octanol–water partition coefficient (Wildman–Crippen LogP) is 2.56. The Morgan fingerprint density at radius 1 is 1.09 bits per heavy atom. The molecule has 188 valence electrons. The highest BCUT2D eigenvalue weighted by atomic mass is 32.2. The molecule has 0 aromatic heterocycles. The van der Waals surface area contributed by atoms with E-state index >= 15 is 0 Å². The van der Waals surface area contributed by atoms with E-state index in [4.69, 9.17) is 4.74 Å². The first-order valence-electron chi connectivity index (χ1n) is 11.7. The van der Waals surface area contributed by atoms with Gasteiger partial charge in [0.15, 0.2) is 6.61 Å². The summed E-state index contributed by atoms with van der Waals surface area (Å²) in [6, 6.07) is 14.0. The van der Waals surface area contributed by atoms with Crippen LogP contribution in [-0.4, -0.2) is 63.8 Å². The van der Waals surface area contributed by atoms with Crippen LogP contribution in [0.5, 0.6) is 5.75 Å². The number of anilines is 1. The van der Waals surface area contributed by atoms with Crippen molar-refractivity contribution >= 4 is 33.7 Å². The summed E-state index contributed by atoms with van der Waals surface area (Å²) in [5.41, 5.74) is 4.39. The Morgan fingerprint density at radius 3 is 2.43 bits per heavy atom. The molecule has 0 radical (unpaired) electrons. The third-order valence-corrected chi connectivity index (χ3v) is 6.81. The second kappa shape index (κ2) is 12.3. The van der Waals surface area contributed by atoms with Crippen LogP contribution in [0.1, 0.15) is 37.3 Å². The van der Waals surface area contributed by atoms with Gasteiger partial charge in [0.2, 0.25) is 10.0 Å². The Morgan fingerprint density at radius 2 is 1.77 bits per heavy atom. The molecule has 0 saturated carbocycles. The highest BCUT2D eigenvalue weighted by Gasteiger charge is 2.22. The minimum atomic E-state index is -3.67. The third kappa shape index (κ3) is 7.81. The number of amides is 2. The van der Waals surface area contributed by atoms with Gasteiger partial charge >= 0.3 is 0 Å². The van der Waals surface area contributed by atoms with E-state index in [0.29, 0.717) is 23.4 Å². The van der Waals surface area contributed by atoms with Crippen molar-refractivity contribution in [3.63, 3.8) is 0 Å². The van der Waals surface area contributed by atoms with Crippen molar-refractivity contribution in [2.75, 3.05) is 36.8 Å². The molecule has 9 nitrogen and oxygen atoms in total. The van der Waals surface area contributed by atoms with Crippen molar-refractivity contribution in [3.8, 4) is 5.75 Å². The first-order valence-corrected chi connectivity index (χ1v) is 13.5. The number of carbonyl (C=O) groups excluding carboxylic acids is 2. The molecule has 3 rings (SSSR count). The number of piperidine rings is 1. The molecular weight excluding hydrogens is 468 g/mol. The standard InChI is InChI=1S/C25H32N4O5S/c1-3-21-9-5-6-10-23(21)29(35(2,32)33)18-24(30)27-26-17-20-11-13-22(14-12-20)34-19-25(31)28-15-7-4-8-16-28/h5-6,9-14,17H,3-4,7-8,15-16,18-19H2,1-2H3,(H,27,30)/b26-17-. The summed E-state index contributed by atoms with van der Waals surface area (Å²) in [5.74, 6) is -0.00793. The zero-order valence-electron chi connectivity index (χ0n) is 20.1. The molecular formula is C25H32N4O5S. The van der Waals surface area contributed by atoms with Crippen LogP contribution in [0, 0.1) is 0 Å². The lowest BCUT2D eigenvalue weighted by Crippen LogP contribution is -2.39. The molecule has 0 aliphatic carbocycles. The van der Waals surface area contributed by atoms with Crippen molar-refractivity contribution in [1.82, 2.24) is 10.3 Å². The summed E-state index contributed by atoms with van der Waals surface area (Å²) in [4.78, 5) is 26.4. The number of hydrazone groups is 1. The van der Waals surface area contributed by atoms with Gasteiger partial charge in [-0.3, -0.25) is 13.9 Å². The van der Waals surface area contributed by atoms with Crippen molar-refractivity contribution in [2.24, 2.45) is 5.10 Å². The molecule has 1 fully saturated rings. The first-order chi connectivity index (χ1) is 16.8. The van der Waals surface area contributed by atoms with Crippen LogP contribution in [0.15, 0.2) is 53.6 Å². The maximum atomic E-state index is 12.4. The first kappa shape index (κ1) is 26.2. The lowest BCUT2D eigenvalue weighted by molar-refractivity contribution is -0.134. The molecule has 1 N–H and O–H groups in total. The number of para-hydroxylation sites is 1. The van der Waals surface area contributed by atoms with E-state index < -0.39 is 15.9 Å². The summed E-state index contributed by atoms with van der Waals surface area (Å²) in [7, 11) is -3.67. The van der Waals surface area contributed by atoms with Crippen molar-refractivity contribution in [3.05, 3.63) is 59.7 Å². The summed E-state index contributed by atoms with van der Waals surface area (Å²) in [6.45, 7) is 3.12. The largest absolute Gasteiger partial charge is 0.484 e. The number of carbonyl (C=O) groups is 2. The van der Waals surface area contributed by atoms with Crippen molar-refractivity contribution in [1.29, 1.82) is 0 Å². The molecule has 2 aromatic carbocycles. The van der Waals surface area contributed by atoms with Gasteiger partial charge in [0, 0.05) is 13.1 Å². The highest BCUT2D eigenvalue weighted by Crippen LogP contribution is 2.23. The zero-order valence-corrected chi connectivity index (χ0v) is 21.0. The third-order valence-electron chi connectivity index (χ3n) is 5.68. The van der Waals surface area contributed by atoms with E-state index in [1.54, 1.807) is 36.4 Å². The van der Waals surface area contributed by atoms with Crippen LogP contribution in [0.25, 0.3) is 0 Å². The van der Waals surface area contributed by atoms with Crippen LogP contribution in [-0.2, 0) is 26.0 Å². The number of nitrogens with zero attached hydrogens (tertiary/aromatic N) is 3. The number of likely N-dealkylation sites (tertiary alicyclic amines) is 1. The second-order valence-electron chi connectivity index (χ2n) is 8.34. The average Bonchev–Trinajstić information content (AvgIpc) is 2.86. The second-order valence-corrected chi connectivity index (χ2v) is 10.3. The van der Waals surface area contributed by atoms with Gasteiger partial charge in [0.1, 0.15) is 12.3 Å². The molecule has 0 unspecified atom stereocenters. The Labute approximate surface area is 206 Å². The Bertz CT molecular complexity index is 1140. The van der Waals surface area contributed by atoms with Crippen LogP contribution < -0.4 is 14.5 Å². The molecule has 10 heteroatoms. The molecule has 2 amide bonds. The van der Waals surface area contributed by atoms with Gasteiger partial charge in [0.05, 0.1) is 18.2 Å². The van der Waals surface area contributed by atoms with E-state index in [1.807, 2.05) is 24.0 Å². The number of benzene rings is 2. The normalized spacial score (nSPS) is 14.1. The average molecular weight is 501 g/mol. The molecule has 0 atom stereocenters. The SMILES string of the molecule is CCc1ccccc1N(CC(=O)N/N=C\c1ccc(OCC(=O)N2CCCCC2)cc1)S(C)(=O)=O. The fraction of sp³-hybridized carbons (Fsp3) is 0.400. The van der Waals surface area contributed by atoms with E-state index in [9.17, 15) is 18.0 Å². The van der Waals surface area contributed by atoms with E-state index in [-0.39, 0.29) is 19.1 Å². The lowest BCUT2D eigenvalue weighted by atomic mass is 10.1. The number of hydrogen-bond donors (Lipinski definition) is 1. The Hall–Kier alpha value is -3.40. The molecule has 1 aliphatic rings.